The molecular formula is C4H2ClF3N2. The second-order valence-corrected chi connectivity index (χ2v) is 2.04. The molecule has 0 spiro atoms. The van der Waals surface area contributed by atoms with Gasteiger partial charge in [0.1, 0.15) is 5.50 Å². The highest BCUT2D eigenvalue weighted by molar-refractivity contribution is 6.22. The van der Waals surface area contributed by atoms with Crippen molar-refractivity contribution in [3.05, 3.63) is 6.54 Å². The summed E-state index contributed by atoms with van der Waals surface area (Å²) in [6.07, 6.45) is -2.76. The summed E-state index contributed by atoms with van der Waals surface area (Å²) in [5.74, 6) is 0. The predicted molar refractivity (Wildman–Crippen MR) is 29.3 cm³/mol. The molecule has 1 rings (SSSR count). The Bertz CT molecular complexity index is 155. The summed E-state index contributed by atoms with van der Waals surface area (Å²) < 4.78 is 34.9. The van der Waals surface area contributed by atoms with Crippen molar-refractivity contribution < 1.29 is 13.2 Å². The first kappa shape index (κ1) is 7.65. The van der Waals surface area contributed by atoms with Crippen molar-refractivity contribution >= 4 is 17.9 Å². The van der Waals surface area contributed by atoms with E-state index in [0.29, 0.717) is 0 Å². The van der Waals surface area contributed by atoms with Crippen LogP contribution in [0.25, 0.3) is 0 Å². The van der Waals surface area contributed by atoms with E-state index in [-0.39, 0.29) is 4.90 Å². The molecule has 10 heavy (non-hydrogen) atoms. The van der Waals surface area contributed by atoms with Crippen LogP contribution >= 0.6 is 11.6 Å². The predicted octanol–water partition coefficient (Wildman–Crippen LogP) is 1.45. The van der Waals surface area contributed by atoms with Crippen molar-refractivity contribution in [3.8, 4) is 0 Å². The fourth-order valence-corrected chi connectivity index (χ4v) is 0.605. The van der Waals surface area contributed by atoms with Gasteiger partial charge in [0.15, 0.2) is 6.34 Å². The van der Waals surface area contributed by atoms with Gasteiger partial charge in [-0.05, 0) is 0 Å². The first-order valence-electron chi connectivity index (χ1n) is 2.31. The summed E-state index contributed by atoms with van der Waals surface area (Å²) in [6.45, 7) is 0.724. The van der Waals surface area contributed by atoms with E-state index in [4.69, 9.17) is 11.6 Å². The van der Waals surface area contributed by atoms with Gasteiger partial charge >= 0.3 is 6.30 Å². The highest BCUT2D eigenvalue weighted by Crippen LogP contribution is 2.26. The van der Waals surface area contributed by atoms with Crippen LogP contribution in [0.2, 0.25) is 0 Å². The van der Waals surface area contributed by atoms with Crippen LogP contribution in [0.15, 0.2) is 4.99 Å². The Labute approximate surface area is 60.3 Å². The van der Waals surface area contributed by atoms with E-state index in [0.717, 1.165) is 6.54 Å². The maximum atomic E-state index is 11.6. The van der Waals surface area contributed by atoms with E-state index in [2.05, 4.69) is 4.99 Å². The molecule has 0 fully saturated rings. The smallest absolute Gasteiger partial charge is 0.256 e. The van der Waals surface area contributed by atoms with Crippen LogP contribution in [0.1, 0.15) is 0 Å². The number of nitrogens with zero attached hydrogens (tertiary/aromatic N) is 2. The normalized spacial score (nSPS) is 26.0. The molecule has 0 aliphatic carbocycles. The molecule has 0 saturated carbocycles. The lowest BCUT2D eigenvalue weighted by Gasteiger charge is -2.15. The number of aliphatic imine (C=N–C) groups is 1. The van der Waals surface area contributed by atoms with Crippen molar-refractivity contribution in [1.29, 1.82) is 0 Å². The van der Waals surface area contributed by atoms with Gasteiger partial charge in [-0.1, -0.05) is 11.6 Å². The highest BCUT2D eigenvalue weighted by Gasteiger charge is 2.39. The van der Waals surface area contributed by atoms with Crippen LogP contribution in [0.4, 0.5) is 13.2 Å². The molecule has 1 atom stereocenters. The van der Waals surface area contributed by atoms with Gasteiger partial charge < -0.3 is 0 Å². The summed E-state index contributed by atoms with van der Waals surface area (Å²) in [5, 5.41) is 0. The zero-order chi connectivity index (χ0) is 7.78. The maximum absolute atomic E-state index is 11.6. The molecule has 1 heterocycles. The Kier molecular flexibility index (Phi) is 1.76. The molecule has 56 valence electrons. The molecular weight excluding hydrogens is 169 g/mol. The fraction of sp³-hybridized carbons (Fsp3) is 0.500. The van der Waals surface area contributed by atoms with Crippen LogP contribution in [-0.2, 0) is 0 Å². The molecule has 1 unspecified atom stereocenters. The Hall–Kier alpha value is -0.450. The highest BCUT2D eigenvalue weighted by atomic mass is 35.5. The monoisotopic (exact) mass is 170 g/mol. The number of hydrogen-bond acceptors (Lipinski definition) is 2. The van der Waals surface area contributed by atoms with E-state index in [9.17, 15) is 13.2 Å². The molecule has 1 aliphatic rings. The second-order valence-electron chi connectivity index (χ2n) is 1.59. The van der Waals surface area contributed by atoms with E-state index in [1.165, 1.54) is 0 Å². The minimum atomic E-state index is -4.45. The third-order valence-electron chi connectivity index (χ3n) is 0.834. The van der Waals surface area contributed by atoms with Crippen LogP contribution in [0.3, 0.4) is 0 Å². The number of halogens is 4. The lowest BCUT2D eigenvalue weighted by atomic mass is 10.6. The molecule has 6 heteroatoms. The van der Waals surface area contributed by atoms with E-state index in [1.54, 1.807) is 6.34 Å². The van der Waals surface area contributed by atoms with Gasteiger partial charge in [0.05, 0.1) is 6.54 Å². The molecule has 2 nitrogen and oxygen atoms in total. The molecule has 0 aromatic heterocycles. The van der Waals surface area contributed by atoms with Crippen LogP contribution in [0.5, 0.6) is 0 Å². The minimum Gasteiger partial charge on any atom is -0.256 e. The van der Waals surface area contributed by atoms with Gasteiger partial charge in [-0.25, -0.2) is 4.99 Å². The standard InChI is InChI=1S/C4H2ClF3N2/c5-3-1-10(2-9-3)4(6,7)8/h1,3H. The second kappa shape index (κ2) is 2.30. The topological polar surface area (TPSA) is 15.6 Å². The molecule has 1 aliphatic heterocycles. The molecule has 0 N–H and O–H groups in total. The van der Waals surface area contributed by atoms with E-state index >= 15 is 0 Å². The summed E-state index contributed by atoms with van der Waals surface area (Å²) in [4.78, 5) is 3.04. The maximum Gasteiger partial charge on any atom is 0.486 e. The Balaban J connectivity index is 2.55. The zero-order valence-corrected chi connectivity index (χ0v) is 5.32. The molecule has 0 amide bonds. The summed E-state index contributed by atoms with van der Waals surface area (Å²) in [6, 6.07) is 0. The van der Waals surface area contributed by atoms with E-state index in [1.807, 2.05) is 0 Å². The van der Waals surface area contributed by atoms with Crippen molar-refractivity contribution in [2.24, 2.45) is 4.99 Å². The largest absolute Gasteiger partial charge is 0.486 e. The Morgan fingerprint density at radius 3 is 2.40 bits per heavy atom. The molecule has 0 saturated heterocycles. The van der Waals surface area contributed by atoms with Crippen molar-refractivity contribution in [2.45, 2.75) is 11.8 Å². The Morgan fingerprint density at radius 1 is 1.60 bits per heavy atom. The van der Waals surface area contributed by atoms with Gasteiger partial charge in [0.25, 0.3) is 0 Å². The lowest BCUT2D eigenvalue weighted by Crippen LogP contribution is -2.32. The van der Waals surface area contributed by atoms with Crippen molar-refractivity contribution in [3.63, 3.8) is 0 Å². The van der Waals surface area contributed by atoms with Gasteiger partial charge in [0.2, 0.25) is 0 Å². The fourth-order valence-electron chi connectivity index (χ4n) is 0.448. The summed E-state index contributed by atoms with van der Waals surface area (Å²) in [7, 11) is 0. The lowest BCUT2D eigenvalue weighted by molar-refractivity contribution is -0.204. The average Bonchev–Trinajstić information content (AvgIpc) is 2.11. The Morgan fingerprint density at radius 2 is 2.20 bits per heavy atom. The third-order valence-corrected chi connectivity index (χ3v) is 1.04. The zero-order valence-electron chi connectivity index (χ0n) is 4.56. The molecule has 0 aromatic carbocycles. The molecule has 0 bridgehead atoms. The number of rotatable bonds is 0. The first-order chi connectivity index (χ1) is 4.50. The summed E-state index contributed by atoms with van der Waals surface area (Å²) >= 11 is 5.19. The molecule has 2 radical (unpaired) electrons. The van der Waals surface area contributed by atoms with Gasteiger partial charge in [-0.2, -0.15) is 13.2 Å². The van der Waals surface area contributed by atoms with Crippen LogP contribution in [0, 0.1) is 6.54 Å². The minimum absolute atomic E-state index is 0.106. The first-order valence-corrected chi connectivity index (χ1v) is 2.74. The number of alkyl halides is 4. The third kappa shape index (κ3) is 1.53. The van der Waals surface area contributed by atoms with Gasteiger partial charge in [-0.15, -0.1) is 0 Å². The SMILES string of the molecule is FC(F)(F)N1[C]=NC(Cl)[CH]1. The van der Waals surface area contributed by atoms with Crippen LogP contribution in [-0.4, -0.2) is 23.0 Å². The molecule has 0 aromatic rings. The van der Waals surface area contributed by atoms with Gasteiger partial charge in [-0.3, -0.25) is 4.90 Å². The summed E-state index contributed by atoms with van der Waals surface area (Å²) in [5.41, 5.74) is -0.943. The van der Waals surface area contributed by atoms with Crippen molar-refractivity contribution in [2.75, 3.05) is 0 Å². The average molecular weight is 171 g/mol. The number of hydrogen-bond donors (Lipinski definition) is 0. The van der Waals surface area contributed by atoms with E-state index < -0.39 is 11.8 Å². The van der Waals surface area contributed by atoms with Crippen molar-refractivity contribution in [1.82, 2.24) is 4.90 Å². The quantitative estimate of drug-likeness (QED) is 0.397. The van der Waals surface area contributed by atoms with Gasteiger partial charge in [0, 0.05) is 0 Å². The van der Waals surface area contributed by atoms with Crippen LogP contribution < -0.4 is 0 Å².